The van der Waals surface area contributed by atoms with Crippen molar-refractivity contribution in [1.82, 2.24) is 24.6 Å². The highest BCUT2D eigenvalue weighted by Gasteiger charge is 2.33. The molecule has 1 aromatic carbocycles. The Hall–Kier alpha value is -1.89. The zero-order valence-corrected chi connectivity index (χ0v) is 18.5. The summed E-state index contributed by atoms with van der Waals surface area (Å²) in [5.41, 5.74) is 1.78. The second kappa shape index (κ2) is 7.98. The number of fused-ring (bicyclic) bond motifs is 1. The van der Waals surface area contributed by atoms with Gasteiger partial charge in [-0.1, -0.05) is 49.0 Å². The molecule has 2 atom stereocenters. The van der Waals surface area contributed by atoms with Crippen molar-refractivity contribution in [3.63, 3.8) is 0 Å². The first-order valence-electron chi connectivity index (χ1n) is 10.6. The lowest BCUT2D eigenvalue weighted by Crippen LogP contribution is -2.21. The highest BCUT2D eigenvalue weighted by molar-refractivity contribution is 6.42. The molecule has 1 aliphatic carbocycles. The number of aromatic amines is 1. The van der Waals surface area contributed by atoms with Crippen molar-refractivity contribution in [3.8, 4) is 0 Å². The Balaban J connectivity index is 1.41. The van der Waals surface area contributed by atoms with Gasteiger partial charge in [-0.25, -0.2) is 9.67 Å². The molecule has 3 aromatic rings. The monoisotopic (exact) mass is 445 g/mol. The highest BCUT2D eigenvalue weighted by atomic mass is 35.5. The highest BCUT2D eigenvalue weighted by Crippen LogP contribution is 2.34. The summed E-state index contributed by atoms with van der Waals surface area (Å²) in [6.45, 7) is 4.80. The Labute approximate surface area is 185 Å². The van der Waals surface area contributed by atoms with Crippen LogP contribution < -0.4 is 5.56 Å². The van der Waals surface area contributed by atoms with Crippen LogP contribution in [0, 0.1) is 5.92 Å². The molecule has 1 aliphatic heterocycles. The zero-order valence-electron chi connectivity index (χ0n) is 16.9. The zero-order chi connectivity index (χ0) is 20.8. The van der Waals surface area contributed by atoms with E-state index in [1.165, 1.54) is 12.8 Å². The molecule has 0 bridgehead atoms. The van der Waals surface area contributed by atoms with Gasteiger partial charge in [0.25, 0.3) is 5.56 Å². The third-order valence-corrected chi connectivity index (χ3v) is 7.32. The van der Waals surface area contributed by atoms with Crippen LogP contribution in [0.25, 0.3) is 11.0 Å². The third kappa shape index (κ3) is 3.66. The lowest BCUT2D eigenvalue weighted by molar-refractivity contribution is 0.318. The molecule has 1 N–H and O–H groups in total. The van der Waals surface area contributed by atoms with Gasteiger partial charge < -0.3 is 4.98 Å². The van der Waals surface area contributed by atoms with Gasteiger partial charge in [0.15, 0.2) is 5.65 Å². The average Bonchev–Trinajstić information content (AvgIpc) is 3.44. The summed E-state index contributed by atoms with van der Waals surface area (Å²) in [5.74, 6) is 1.34. The van der Waals surface area contributed by atoms with Gasteiger partial charge in [-0.3, -0.25) is 9.69 Å². The van der Waals surface area contributed by atoms with Crippen LogP contribution in [-0.4, -0.2) is 37.7 Å². The van der Waals surface area contributed by atoms with Crippen molar-refractivity contribution in [3.05, 3.63) is 56.2 Å². The van der Waals surface area contributed by atoms with Gasteiger partial charge in [-0.15, -0.1) is 0 Å². The summed E-state index contributed by atoms with van der Waals surface area (Å²) >= 11 is 12.2. The van der Waals surface area contributed by atoms with Crippen LogP contribution in [0.5, 0.6) is 0 Å². The number of halogens is 2. The van der Waals surface area contributed by atoms with Gasteiger partial charge in [-0.2, -0.15) is 5.10 Å². The normalized spacial score (nSPS) is 23.0. The van der Waals surface area contributed by atoms with Gasteiger partial charge in [0.2, 0.25) is 0 Å². The SMILES string of the molecule is C[C@@H]1CN(Cc2ccc(Cl)c(Cl)c2)C[C@H]1c1nc2c(cnn2C2CCCC2)c(=O)[nH]1. The molecule has 30 heavy (non-hydrogen) atoms. The van der Waals surface area contributed by atoms with E-state index in [2.05, 4.69) is 21.9 Å². The number of rotatable bonds is 4. The van der Waals surface area contributed by atoms with Crippen LogP contribution in [0.3, 0.4) is 0 Å². The molecule has 3 heterocycles. The van der Waals surface area contributed by atoms with Gasteiger partial charge in [0.1, 0.15) is 11.2 Å². The summed E-state index contributed by atoms with van der Waals surface area (Å²) in [7, 11) is 0. The third-order valence-electron chi connectivity index (χ3n) is 6.58. The van der Waals surface area contributed by atoms with Crippen molar-refractivity contribution < 1.29 is 0 Å². The van der Waals surface area contributed by atoms with Gasteiger partial charge in [-0.05, 0) is 36.5 Å². The molecular formula is C22H25Cl2N5O. The first kappa shape index (κ1) is 20.0. The summed E-state index contributed by atoms with van der Waals surface area (Å²) < 4.78 is 1.98. The summed E-state index contributed by atoms with van der Waals surface area (Å²) in [5, 5.41) is 6.25. The maximum atomic E-state index is 12.7. The van der Waals surface area contributed by atoms with E-state index in [0.717, 1.165) is 49.5 Å². The Bertz CT molecular complexity index is 1130. The minimum atomic E-state index is -0.0885. The number of nitrogens with zero attached hydrogens (tertiary/aromatic N) is 4. The molecule has 8 heteroatoms. The molecule has 158 valence electrons. The lowest BCUT2D eigenvalue weighted by Gasteiger charge is -2.16. The molecule has 0 spiro atoms. The maximum absolute atomic E-state index is 12.7. The molecule has 1 saturated carbocycles. The van der Waals surface area contributed by atoms with Crippen LogP contribution in [0.1, 0.15) is 56.0 Å². The molecule has 1 saturated heterocycles. The standard InChI is InChI=1S/C22H25Cl2N5O/c1-13-10-28(11-14-6-7-18(23)19(24)8-14)12-17(13)20-26-21-16(22(30)27-20)9-25-29(21)15-4-2-3-5-15/h6-9,13,15,17H,2-5,10-12H2,1H3,(H,26,27,30)/t13-,17-/m1/s1. The number of likely N-dealkylation sites (tertiary alicyclic amines) is 1. The minimum absolute atomic E-state index is 0.0885. The number of H-pyrrole nitrogens is 1. The molecule has 0 amide bonds. The van der Waals surface area contributed by atoms with Gasteiger partial charge >= 0.3 is 0 Å². The van der Waals surface area contributed by atoms with Crippen LogP contribution >= 0.6 is 23.2 Å². The summed E-state index contributed by atoms with van der Waals surface area (Å²) in [4.78, 5) is 23.1. The smallest absolute Gasteiger partial charge is 0.262 e. The van der Waals surface area contributed by atoms with Crippen LogP contribution in [0.4, 0.5) is 0 Å². The Morgan fingerprint density at radius 1 is 1.17 bits per heavy atom. The first-order valence-corrected chi connectivity index (χ1v) is 11.4. The number of aromatic nitrogens is 4. The van der Waals surface area contributed by atoms with Crippen molar-refractivity contribution >= 4 is 34.2 Å². The second-order valence-corrected chi connectivity index (χ2v) is 9.56. The van der Waals surface area contributed by atoms with Gasteiger partial charge in [0, 0.05) is 25.6 Å². The topological polar surface area (TPSA) is 66.8 Å². The number of benzene rings is 1. The molecule has 0 unspecified atom stereocenters. The minimum Gasteiger partial charge on any atom is -0.310 e. The van der Waals surface area contributed by atoms with Gasteiger partial charge in [0.05, 0.1) is 22.3 Å². The fourth-order valence-corrected chi connectivity index (χ4v) is 5.31. The molecule has 5 rings (SSSR count). The number of hydrogen-bond donors (Lipinski definition) is 1. The van der Waals surface area contributed by atoms with Crippen LogP contribution in [0.2, 0.25) is 10.0 Å². The Morgan fingerprint density at radius 2 is 1.97 bits per heavy atom. The molecule has 2 aliphatic rings. The van der Waals surface area contributed by atoms with Crippen LogP contribution in [0.15, 0.2) is 29.2 Å². The first-order chi connectivity index (χ1) is 14.5. The lowest BCUT2D eigenvalue weighted by atomic mass is 9.97. The van der Waals surface area contributed by atoms with E-state index in [1.54, 1.807) is 6.20 Å². The quantitative estimate of drug-likeness (QED) is 0.627. The second-order valence-electron chi connectivity index (χ2n) is 8.74. The molecule has 2 aromatic heterocycles. The predicted octanol–water partition coefficient (Wildman–Crippen LogP) is 4.78. The molecule has 2 fully saturated rings. The fourth-order valence-electron chi connectivity index (χ4n) is 4.99. The van der Waals surface area contributed by atoms with E-state index in [4.69, 9.17) is 28.2 Å². The molecular weight excluding hydrogens is 421 g/mol. The van der Waals surface area contributed by atoms with Crippen molar-refractivity contribution in [2.45, 2.75) is 51.1 Å². The van der Waals surface area contributed by atoms with Crippen molar-refractivity contribution in [1.29, 1.82) is 0 Å². The number of hydrogen-bond acceptors (Lipinski definition) is 4. The van der Waals surface area contributed by atoms with Crippen molar-refractivity contribution in [2.24, 2.45) is 5.92 Å². The largest absolute Gasteiger partial charge is 0.310 e. The average molecular weight is 446 g/mol. The predicted molar refractivity (Wildman–Crippen MR) is 119 cm³/mol. The number of nitrogens with one attached hydrogen (secondary N) is 1. The van der Waals surface area contributed by atoms with E-state index >= 15 is 0 Å². The Morgan fingerprint density at radius 3 is 2.73 bits per heavy atom. The van der Waals surface area contributed by atoms with E-state index in [9.17, 15) is 4.79 Å². The van der Waals surface area contributed by atoms with E-state index in [-0.39, 0.29) is 11.5 Å². The Kier molecular flexibility index (Phi) is 5.33. The maximum Gasteiger partial charge on any atom is 0.262 e. The van der Waals surface area contributed by atoms with E-state index in [1.807, 2.05) is 22.9 Å². The van der Waals surface area contributed by atoms with E-state index < -0.39 is 0 Å². The fraction of sp³-hybridized carbons (Fsp3) is 0.500. The van der Waals surface area contributed by atoms with Crippen LogP contribution in [-0.2, 0) is 6.54 Å². The molecule has 6 nitrogen and oxygen atoms in total. The van der Waals surface area contributed by atoms with E-state index in [0.29, 0.717) is 27.4 Å². The summed E-state index contributed by atoms with van der Waals surface area (Å²) in [6.07, 6.45) is 6.31. The molecule has 0 radical (unpaired) electrons. The summed E-state index contributed by atoms with van der Waals surface area (Å²) in [6, 6.07) is 6.14. The van der Waals surface area contributed by atoms with Crippen molar-refractivity contribution in [2.75, 3.05) is 13.1 Å².